The number of fused-ring (bicyclic) bond motifs is 1. The summed E-state index contributed by atoms with van der Waals surface area (Å²) in [6.07, 6.45) is 2.21. The second kappa shape index (κ2) is 10.7. The van der Waals surface area contributed by atoms with E-state index in [4.69, 9.17) is 21.4 Å². The van der Waals surface area contributed by atoms with Crippen LogP contribution in [-0.2, 0) is 22.4 Å². The Bertz CT molecular complexity index is 1200. The average molecular weight is 482 g/mol. The number of ether oxygens (including phenoxy) is 1. The van der Waals surface area contributed by atoms with Crippen LogP contribution in [0.3, 0.4) is 0 Å². The topological polar surface area (TPSA) is 66.8 Å². The van der Waals surface area contributed by atoms with Crippen molar-refractivity contribution >= 4 is 23.5 Å². The quantitative estimate of drug-likeness (QED) is 0.465. The highest BCUT2D eigenvalue weighted by molar-refractivity contribution is 6.30. The smallest absolute Gasteiger partial charge is 0.341 e. The van der Waals surface area contributed by atoms with E-state index in [2.05, 4.69) is 0 Å². The van der Waals surface area contributed by atoms with Crippen molar-refractivity contribution in [1.82, 2.24) is 4.90 Å². The lowest BCUT2D eigenvalue weighted by Crippen LogP contribution is -2.40. The van der Waals surface area contributed by atoms with E-state index in [0.717, 1.165) is 16.7 Å². The van der Waals surface area contributed by atoms with E-state index >= 15 is 0 Å². The molecule has 0 saturated heterocycles. The van der Waals surface area contributed by atoms with Crippen LogP contribution in [0.4, 0.5) is 4.39 Å². The van der Waals surface area contributed by atoms with Crippen LogP contribution in [0.2, 0.25) is 5.02 Å². The highest BCUT2D eigenvalue weighted by Gasteiger charge is 2.33. The van der Waals surface area contributed by atoms with Gasteiger partial charge in [0.25, 0.3) is 0 Å². The van der Waals surface area contributed by atoms with Crippen molar-refractivity contribution < 1.29 is 23.8 Å². The first kappa shape index (κ1) is 23.8. The number of hydrogen-bond donors (Lipinski definition) is 1. The van der Waals surface area contributed by atoms with Crippen molar-refractivity contribution in [1.29, 1.82) is 0 Å². The summed E-state index contributed by atoms with van der Waals surface area (Å²) >= 11 is 6.31. The summed E-state index contributed by atoms with van der Waals surface area (Å²) < 4.78 is 19.0. The minimum absolute atomic E-state index is 0.0277. The maximum Gasteiger partial charge on any atom is 0.341 e. The largest absolute Gasteiger partial charge is 0.482 e. The molecule has 4 rings (SSSR count). The van der Waals surface area contributed by atoms with Gasteiger partial charge < -0.3 is 14.7 Å². The van der Waals surface area contributed by atoms with E-state index in [0.29, 0.717) is 48.6 Å². The van der Waals surface area contributed by atoms with Gasteiger partial charge in [-0.25, -0.2) is 9.18 Å². The first-order chi connectivity index (χ1) is 16.4. The maximum atomic E-state index is 13.5. The van der Waals surface area contributed by atoms with Crippen LogP contribution < -0.4 is 4.74 Å². The molecule has 0 aliphatic carbocycles. The zero-order valence-corrected chi connectivity index (χ0v) is 19.3. The summed E-state index contributed by atoms with van der Waals surface area (Å²) in [5, 5.41) is 9.57. The van der Waals surface area contributed by atoms with Gasteiger partial charge in [-0.3, -0.25) is 4.79 Å². The normalized spacial score (nSPS) is 15.0. The van der Waals surface area contributed by atoms with E-state index in [9.17, 15) is 14.0 Å². The Labute approximate surface area is 202 Å². The van der Waals surface area contributed by atoms with Gasteiger partial charge in [0, 0.05) is 23.6 Å². The molecular formula is C27H25ClFNO4. The highest BCUT2D eigenvalue weighted by atomic mass is 35.5. The minimum Gasteiger partial charge on any atom is -0.482 e. The summed E-state index contributed by atoms with van der Waals surface area (Å²) in [5.41, 5.74) is 3.60. The molecule has 3 aromatic carbocycles. The molecule has 1 unspecified atom stereocenters. The van der Waals surface area contributed by atoms with E-state index < -0.39 is 18.6 Å². The molecule has 7 heteroatoms. The van der Waals surface area contributed by atoms with Gasteiger partial charge in [0.2, 0.25) is 5.91 Å². The fraction of sp³-hybridized carbons (Fsp3) is 0.259. The van der Waals surface area contributed by atoms with Gasteiger partial charge in [0.05, 0.1) is 6.04 Å². The van der Waals surface area contributed by atoms with Gasteiger partial charge in [-0.1, -0.05) is 48.0 Å². The van der Waals surface area contributed by atoms with E-state index in [1.807, 2.05) is 35.2 Å². The number of aryl methyl sites for hydroxylation is 1. The van der Waals surface area contributed by atoms with E-state index in [-0.39, 0.29) is 11.7 Å². The molecule has 0 radical (unpaired) electrons. The molecule has 34 heavy (non-hydrogen) atoms. The Kier molecular flexibility index (Phi) is 7.48. The predicted molar refractivity (Wildman–Crippen MR) is 128 cm³/mol. The number of carbonyl (C=O) groups excluding carboxylic acids is 1. The molecule has 1 atom stereocenters. The number of carbonyl (C=O) groups is 2. The third kappa shape index (κ3) is 5.57. The SMILES string of the molecule is O=C(O)COc1ccc(Cl)cc1C1c2ccccc2CCN1C(=O)CCCc1cccc(F)c1. The van der Waals surface area contributed by atoms with E-state index in [1.54, 1.807) is 24.3 Å². The molecule has 0 saturated carbocycles. The fourth-order valence-corrected chi connectivity index (χ4v) is 4.63. The van der Waals surface area contributed by atoms with Crippen LogP contribution in [-0.4, -0.2) is 35.0 Å². The lowest BCUT2D eigenvalue weighted by Gasteiger charge is -2.38. The van der Waals surface area contributed by atoms with Crippen LogP contribution in [0.15, 0.2) is 66.7 Å². The number of aliphatic carboxylic acids is 1. The number of nitrogens with zero attached hydrogens (tertiary/aromatic N) is 1. The lowest BCUT2D eigenvalue weighted by molar-refractivity contribution is -0.139. The highest BCUT2D eigenvalue weighted by Crippen LogP contribution is 2.40. The van der Waals surface area contributed by atoms with Gasteiger partial charge in [0.1, 0.15) is 11.6 Å². The Morgan fingerprint density at radius 3 is 2.68 bits per heavy atom. The number of carboxylic acids is 1. The van der Waals surface area contributed by atoms with Gasteiger partial charge in [-0.05, 0) is 66.3 Å². The number of rotatable bonds is 8. The molecule has 176 valence electrons. The number of benzene rings is 3. The summed E-state index contributed by atoms with van der Waals surface area (Å²) in [5.74, 6) is -1.02. The van der Waals surface area contributed by atoms with Crippen LogP contribution in [0.25, 0.3) is 0 Å². The molecule has 1 N–H and O–H groups in total. The molecule has 3 aromatic rings. The molecule has 0 bridgehead atoms. The Hall–Kier alpha value is -3.38. The van der Waals surface area contributed by atoms with Gasteiger partial charge in [0.15, 0.2) is 6.61 Å². The number of hydrogen-bond acceptors (Lipinski definition) is 3. The molecule has 1 aliphatic heterocycles. The Morgan fingerprint density at radius 2 is 1.88 bits per heavy atom. The van der Waals surface area contributed by atoms with Crippen molar-refractivity contribution in [3.63, 3.8) is 0 Å². The molecule has 0 fully saturated rings. The second-order valence-electron chi connectivity index (χ2n) is 8.29. The third-order valence-corrected chi connectivity index (χ3v) is 6.20. The summed E-state index contributed by atoms with van der Waals surface area (Å²) in [4.78, 5) is 26.3. The van der Waals surface area contributed by atoms with Crippen molar-refractivity contribution in [3.05, 3.63) is 99.8 Å². The summed E-state index contributed by atoms with van der Waals surface area (Å²) in [7, 11) is 0. The fourth-order valence-electron chi connectivity index (χ4n) is 4.45. The van der Waals surface area contributed by atoms with Gasteiger partial charge in [-0.15, -0.1) is 0 Å². The summed E-state index contributed by atoms with van der Waals surface area (Å²) in [6, 6.07) is 18.9. The Morgan fingerprint density at radius 1 is 1.06 bits per heavy atom. The molecule has 1 amide bonds. The molecule has 0 aromatic heterocycles. The number of amides is 1. The van der Waals surface area contributed by atoms with Crippen molar-refractivity contribution in [2.24, 2.45) is 0 Å². The Balaban J connectivity index is 1.62. The van der Waals surface area contributed by atoms with Crippen LogP contribution in [0.1, 0.15) is 41.1 Å². The molecule has 1 heterocycles. The van der Waals surface area contributed by atoms with Crippen LogP contribution in [0, 0.1) is 5.82 Å². The molecular weight excluding hydrogens is 457 g/mol. The van der Waals surface area contributed by atoms with Gasteiger partial charge >= 0.3 is 5.97 Å². The van der Waals surface area contributed by atoms with Crippen LogP contribution >= 0.6 is 11.6 Å². The monoisotopic (exact) mass is 481 g/mol. The van der Waals surface area contributed by atoms with Crippen molar-refractivity contribution in [3.8, 4) is 5.75 Å². The lowest BCUT2D eigenvalue weighted by atomic mass is 9.87. The van der Waals surface area contributed by atoms with Crippen LogP contribution in [0.5, 0.6) is 5.75 Å². The standard InChI is InChI=1S/C27H25ClFNO4/c28-20-11-12-24(34-17-26(32)33)23(16-20)27-22-9-2-1-7-19(22)13-14-30(27)25(31)10-4-6-18-5-3-8-21(29)15-18/h1-3,5,7-9,11-12,15-16,27H,4,6,10,13-14,17H2,(H,32,33). The minimum atomic E-state index is -1.09. The van der Waals surface area contributed by atoms with Crippen molar-refractivity contribution in [2.45, 2.75) is 31.7 Å². The predicted octanol–water partition coefficient (Wildman–Crippen LogP) is 5.44. The molecule has 0 spiro atoms. The molecule has 1 aliphatic rings. The maximum absolute atomic E-state index is 13.5. The van der Waals surface area contributed by atoms with E-state index in [1.165, 1.54) is 12.1 Å². The summed E-state index contributed by atoms with van der Waals surface area (Å²) in [6.45, 7) is 0.0238. The second-order valence-corrected chi connectivity index (χ2v) is 8.72. The zero-order chi connectivity index (χ0) is 24.1. The third-order valence-electron chi connectivity index (χ3n) is 5.97. The number of carboxylic acid groups (broad SMARTS) is 1. The molecule has 5 nitrogen and oxygen atoms in total. The van der Waals surface area contributed by atoms with Crippen molar-refractivity contribution in [2.75, 3.05) is 13.2 Å². The first-order valence-corrected chi connectivity index (χ1v) is 11.6. The van der Waals surface area contributed by atoms with Gasteiger partial charge in [-0.2, -0.15) is 0 Å². The average Bonchev–Trinajstić information content (AvgIpc) is 2.82. The first-order valence-electron chi connectivity index (χ1n) is 11.2. The zero-order valence-electron chi connectivity index (χ0n) is 18.5. The number of halogens is 2.